The highest BCUT2D eigenvalue weighted by Gasteiger charge is 2.31. The Balaban J connectivity index is 2.32. The molecular weight excluding hydrogens is 218 g/mol. The van der Waals surface area contributed by atoms with E-state index in [9.17, 15) is 0 Å². The third kappa shape index (κ3) is 2.30. The van der Waals surface area contributed by atoms with E-state index in [0.29, 0.717) is 5.70 Å². The summed E-state index contributed by atoms with van der Waals surface area (Å²) < 4.78 is 11.0. The topological polar surface area (TPSA) is 46.4 Å². The van der Waals surface area contributed by atoms with Crippen LogP contribution in [0.15, 0.2) is 33.5 Å². The number of nitrogens with zero attached hydrogens (tertiary/aromatic N) is 3. The third-order valence-electron chi connectivity index (χ3n) is 2.89. The predicted molar refractivity (Wildman–Crippen MR) is 66.6 cm³/mol. The molecule has 0 unspecified atom stereocenters. The number of ether oxygens (including phenoxy) is 2. The van der Waals surface area contributed by atoms with Crippen molar-refractivity contribution < 1.29 is 9.47 Å². The summed E-state index contributed by atoms with van der Waals surface area (Å²) in [6, 6.07) is 0. The van der Waals surface area contributed by atoms with Crippen LogP contribution in [-0.4, -0.2) is 36.7 Å². The molecule has 0 saturated carbocycles. The van der Waals surface area contributed by atoms with E-state index < -0.39 is 0 Å². The van der Waals surface area contributed by atoms with Gasteiger partial charge in [0.15, 0.2) is 12.6 Å². The quantitative estimate of drug-likeness (QED) is 0.697. The third-order valence-corrected chi connectivity index (χ3v) is 2.89. The molecule has 2 aliphatic heterocycles. The van der Waals surface area contributed by atoms with Crippen LogP contribution in [0.3, 0.4) is 0 Å². The fourth-order valence-corrected chi connectivity index (χ4v) is 1.59. The molecular formula is C12H17N3O2. The Hall–Kier alpha value is -1.46. The molecule has 0 N–H and O–H groups in total. The van der Waals surface area contributed by atoms with E-state index in [0.717, 1.165) is 17.0 Å². The van der Waals surface area contributed by atoms with Gasteiger partial charge in [-0.15, -0.1) is 0 Å². The fraction of sp³-hybridized carbons (Fsp3) is 0.500. The summed E-state index contributed by atoms with van der Waals surface area (Å²) in [6.07, 6.45) is 1.23. The molecule has 0 bridgehead atoms. The molecule has 0 atom stereocenters. The first-order chi connectivity index (χ1) is 7.99. The molecule has 5 heteroatoms. The number of hydrazone groups is 1. The van der Waals surface area contributed by atoms with Crippen molar-refractivity contribution in [2.45, 2.75) is 33.4 Å². The van der Waals surface area contributed by atoms with E-state index in [1.165, 1.54) is 0 Å². The molecule has 1 saturated heterocycles. The highest BCUT2D eigenvalue weighted by Crippen LogP contribution is 2.27. The molecule has 1 fully saturated rings. The summed E-state index contributed by atoms with van der Waals surface area (Å²) in [4.78, 5) is 4.37. The summed E-state index contributed by atoms with van der Waals surface area (Å²) in [5, 5.41) is 5.97. The maximum absolute atomic E-state index is 5.48. The Morgan fingerprint density at radius 3 is 2.59 bits per heavy atom. The molecule has 92 valence electrons. The maximum Gasteiger partial charge on any atom is 0.191 e. The lowest BCUT2D eigenvalue weighted by Gasteiger charge is -2.35. The van der Waals surface area contributed by atoms with Gasteiger partial charge in [0, 0.05) is 12.6 Å². The second-order valence-electron chi connectivity index (χ2n) is 4.13. The molecule has 0 aromatic carbocycles. The molecule has 0 radical (unpaired) electrons. The number of hydrogen-bond donors (Lipinski definition) is 0. The zero-order chi connectivity index (χ0) is 12.6. The van der Waals surface area contributed by atoms with Crippen LogP contribution >= 0.6 is 0 Å². The Morgan fingerprint density at radius 1 is 1.35 bits per heavy atom. The van der Waals surface area contributed by atoms with Crippen molar-refractivity contribution in [3.63, 3.8) is 0 Å². The van der Waals surface area contributed by atoms with Crippen molar-refractivity contribution in [1.82, 2.24) is 5.01 Å². The van der Waals surface area contributed by atoms with Gasteiger partial charge < -0.3 is 9.47 Å². The zero-order valence-corrected chi connectivity index (χ0v) is 10.6. The molecule has 0 aliphatic carbocycles. The predicted octanol–water partition coefficient (Wildman–Crippen LogP) is 1.89. The van der Waals surface area contributed by atoms with Gasteiger partial charge in [-0.25, -0.2) is 4.99 Å². The summed E-state index contributed by atoms with van der Waals surface area (Å²) in [6.45, 7) is 9.64. The van der Waals surface area contributed by atoms with Crippen LogP contribution in [-0.2, 0) is 9.47 Å². The van der Waals surface area contributed by atoms with Crippen molar-refractivity contribution in [3.05, 3.63) is 23.4 Å². The van der Waals surface area contributed by atoms with E-state index >= 15 is 0 Å². The minimum absolute atomic E-state index is 0.157. The average molecular weight is 235 g/mol. The summed E-state index contributed by atoms with van der Waals surface area (Å²) in [7, 11) is 1.84. The molecule has 2 heterocycles. The van der Waals surface area contributed by atoms with Gasteiger partial charge >= 0.3 is 0 Å². The Kier molecular flexibility index (Phi) is 3.13. The first kappa shape index (κ1) is 12.0. The number of aliphatic imine (C=N–C) groups is 1. The Labute approximate surface area is 101 Å². The number of rotatable bonds is 1. The van der Waals surface area contributed by atoms with Crippen LogP contribution in [0.25, 0.3) is 0 Å². The number of hydrogen-bond acceptors (Lipinski definition) is 5. The van der Waals surface area contributed by atoms with Crippen molar-refractivity contribution >= 4 is 12.1 Å². The Morgan fingerprint density at radius 2 is 2.00 bits per heavy atom. The molecule has 2 rings (SSSR count). The fourth-order valence-electron chi connectivity index (χ4n) is 1.59. The van der Waals surface area contributed by atoms with Gasteiger partial charge in [-0.3, -0.25) is 5.01 Å². The van der Waals surface area contributed by atoms with Crippen molar-refractivity contribution in [2.24, 2.45) is 10.1 Å². The number of amidine groups is 1. The lowest BCUT2D eigenvalue weighted by Crippen LogP contribution is -2.41. The first-order valence-electron chi connectivity index (χ1n) is 5.53. The van der Waals surface area contributed by atoms with E-state index in [-0.39, 0.29) is 12.6 Å². The van der Waals surface area contributed by atoms with Crippen LogP contribution in [0.4, 0.5) is 0 Å². The summed E-state index contributed by atoms with van der Waals surface area (Å²) >= 11 is 0. The minimum Gasteiger partial charge on any atom is -0.319 e. The van der Waals surface area contributed by atoms with Gasteiger partial charge in [-0.2, -0.15) is 5.10 Å². The SMILES string of the molecule is C=C1N=C(C)N(C)/N=C\C(C2OC(C)O2)=C1C. The molecule has 0 aromatic heterocycles. The van der Waals surface area contributed by atoms with Gasteiger partial charge in [-0.05, 0) is 26.3 Å². The van der Waals surface area contributed by atoms with E-state index in [1.807, 2.05) is 27.8 Å². The van der Waals surface area contributed by atoms with Crippen LogP contribution in [0.1, 0.15) is 20.8 Å². The average Bonchev–Trinajstić information content (AvgIpc) is 2.24. The lowest BCUT2D eigenvalue weighted by atomic mass is 10.1. The van der Waals surface area contributed by atoms with Crippen molar-refractivity contribution in [2.75, 3.05) is 7.05 Å². The molecule has 0 amide bonds. The van der Waals surface area contributed by atoms with Crippen LogP contribution in [0.5, 0.6) is 0 Å². The molecule has 17 heavy (non-hydrogen) atoms. The summed E-state index contributed by atoms with van der Waals surface area (Å²) in [5.74, 6) is 0.800. The van der Waals surface area contributed by atoms with Gasteiger partial charge in [0.1, 0.15) is 5.84 Å². The monoisotopic (exact) mass is 235 g/mol. The minimum atomic E-state index is -0.354. The smallest absolute Gasteiger partial charge is 0.191 e. The van der Waals surface area contributed by atoms with Gasteiger partial charge in [0.05, 0.1) is 11.9 Å². The van der Waals surface area contributed by atoms with Crippen LogP contribution in [0.2, 0.25) is 0 Å². The highest BCUT2D eigenvalue weighted by atomic mass is 16.9. The molecule has 0 spiro atoms. The van der Waals surface area contributed by atoms with Gasteiger partial charge in [0.25, 0.3) is 0 Å². The lowest BCUT2D eigenvalue weighted by molar-refractivity contribution is -0.357. The van der Waals surface area contributed by atoms with Crippen LogP contribution < -0.4 is 0 Å². The van der Waals surface area contributed by atoms with E-state index in [1.54, 1.807) is 11.2 Å². The second kappa shape index (κ2) is 4.43. The van der Waals surface area contributed by atoms with Gasteiger partial charge in [-0.1, -0.05) is 6.58 Å². The first-order valence-corrected chi connectivity index (χ1v) is 5.53. The standard InChI is InChI=1S/C12H17N3O2/c1-7-8(2)14-9(3)15(5)13-6-11(7)12-16-10(4)17-12/h6,10,12H,2H2,1,3-5H3/b11-7?,13-6-,14-9?. The molecule has 0 aromatic rings. The summed E-state index contributed by atoms with van der Waals surface area (Å²) in [5.41, 5.74) is 2.52. The second-order valence-corrected chi connectivity index (χ2v) is 4.13. The van der Waals surface area contributed by atoms with E-state index in [4.69, 9.17) is 9.47 Å². The highest BCUT2D eigenvalue weighted by molar-refractivity contribution is 5.87. The largest absolute Gasteiger partial charge is 0.319 e. The Bertz CT molecular complexity index is 431. The van der Waals surface area contributed by atoms with Gasteiger partial charge in [0.2, 0.25) is 0 Å². The van der Waals surface area contributed by atoms with Crippen LogP contribution in [0, 0.1) is 0 Å². The van der Waals surface area contributed by atoms with E-state index in [2.05, 4.69) is 16.7 Å². The molecule has 5 nitrogen and oxygen atoms in total. The normalized spacial score (nSPS) is 31.6. The number of allylic oxidation sites excluding steroid dienone is 1. The zero-order valence-electron chi connectivity index (χ0n) is 10.6. The van der Waals surface area contributed by atoms with Crippen molar-refractivity contribution in [1.29, 1.82) is 0 Å². The molecule has 2 aliphatic rings. The van der Waals surface area contributed by atoms with Crippen molar-refractivity contribution in [3.8, 4) is 0 Å². The maximum atomic E-state index is 5.48.